The van der Waals surface area contributed by atoms with E-state index >= 15 is 0 Å². The molecule has 0 aromatic rings. The molecule has 0 aromatic heterocycles. The highest BCUT2D eigenvalue weighted by Gasteiger charge is 2.29. The summed E-state index contributed by atoms with van der Waals surface area (Å²) in [4.78, 5) is 0. The maximum Gasteiger partial charge on any atom is 0.214 e. The summed E-state index contributed by atoms with van der Waals surface area (Å²) in [5.74, 6) is 0.696. The lowest BCUT2D eigenvalue weighted by Crippen LogP contribution is -2.41. The first-order valence-corrected chi connectivity index (χ1v) is 9.37. The van der Waals surface area contributed by atoms with Crippen LogP contribution in [-0.2, 0) is 10.0 Å². The molecule has 1 aliphatic heterocycles. The Hall–Kier alpha value is -0.130. The minimum atomic E-state index is -3.07. The maximum absolute atomic E-state index is 12.5. The van der Waals surface area contributed by atoms with Crippen LogP contribution in [0.3, 0.4) is 0 Å². The van der Waals surface area contributed by atoms with Gasteiger partial charge in [0.15, 0.2) is 0 Å². The van der Waals surface area contributed by atoms with Gasteiger partial charge in [0.25, 0.3) is 0 Å². The second kappa shape index (κ2) is 7.04. The quantitative estimate of drug-likeness (QED) is 0.805. The predicted octanol–water partition coefficient (Wildman–Crippen LogP) is 1.97. The Balaban J connectivity index is 1.92. The average molecular weight is 288 g/mol. The van der Waals surface area contributed by atoms with Crippen LogP contribution in [0.4, 0.5) is 0 Å². The smallest absolute Gasteiger partial charge is 0.214 e. The van der Waals surface area contributed by atoms with E-state index in [0.29, 0.717) is 11.7 Å². The van der Waals surface area contributed by atoms with Crippen molar-refractivity contribution in [2.45, 2.75) is 57.4 Å². The van der Waals surface area contributed by atoms with Gasteiger partial charge in [-0.15, -0.1) is 0 Å². The molecular formula is C14H28N2O2S. The molecular weight excluding hydrogens is 260 g/mol. The van der Waals surface area contributed by atoms with Gasteiger partial charge in [0, 0.05) is 13.1 Å². The molecule has 2 fully saturated rings. The van der Waals surface area contributed by atoms with Crippen molar-refractivity contribution < 1.29 is 8.42 Å². The lowest BCUT2D eigenvalue weighted by Gasteiger charge is -2.29. The SMILES string of the molecule is CN(C1CCCCCC1)S(=O)(=O)CC1CCNCC1. The summed E-state index contributed by atoms with van der Waals surface area (Å²) in [5, 5.41) is 3.29. The average Bonchev–Trinajstić information content (AvgIpc) is 2.67. The number of piperidine rings is 1. The minimum absolute atomic E-state index is 0.245. The molecule has 19 heavy (non-hydrogen) atoms. The van der Waals surface area contributed by atoms with Crippen LogP contribution in [0.15, 0.2) is 0 Å². The van der Waals surface area contributed by atoms with Gasteiger partial charge < -0.3 is 5.32 Å². The molecule has 1 aliphatic carbocycles. The number of nitrogens with one attached hydrogen (secondary N) is 1. The zero-order valence-corrected chi connectivity index (χ0v) is 12.9. The third-order valence-electron chi connectivity index (χ3n) is 4.68. The normalized spacial score (nSPS) is 24.5. The van der Waals surface area contributed by atoms with Crippen LogP contribution in [0, 0.1) is 5.92 Å². The van der Waals surface area contributed by atoms with Gasteiger partial charge in [0.05, 0.1) is 5.75 Å². The van der Waals surface area contributed by atoms with E-state index in [-0.39, 0.29) is 6.04 Å². The van der Waals surface area contributed by atoms with Crippen molar-refractivity contribution in [3.8, 4) is 0 Å². The van der Waals surface area contributed by atoms with Crippen molar-refractivity contribution in [1.29, 1.82) is 0 Å². The zero-order chi connectivity index (χ0) is 13.7. The fraction of sp³-hybridized carbons (Fsp3) is 1.00. The van der Waals surface area contributed by atoms with Crippen molar-refractivity contribution in [2.75, 3.05) is 25.9 Å². The van der Waals surface area contributed by atoms with Gasteiger partial charge in [0.1, 0.15) is 0 Å². The lowest BCUT2D eigenvalue weighted by atomic mass is 10.0. The number of sulfonamides is 1. The van der Waals surface area contributed by atoms with Crippen molar-refractivity contribution in [3.05, 3.63) is 0 Å². The molecule has 5 heteroatoms. The van der Waals surface area contributed by atoms with Crippen LogP contribution in [0.1, 0.15) is 51.4 Å². The van der Waals surface area contributed by atoms with E-state index in [1.807, 2.05) is 0 Å². The molecule has 0 bridgehead atoms. The Labute approximate surface area is 118 Å². The Kier molecular flexibility index (Phi) is 5.66. The largest absolute Gasteiger partial charge is 0.317 e. The molecule has 1 N–H and O–H groups in total. The maximum atomic E-state index is 12.5. The van der Waals surface area contributed by atoms with Crippen molar-refractivity contribution in [1.82, 2.24) is 9.62 Å². The predicted molar refractivity (Wildman–Crippen MR) is 78.6 cm³/mol. The molecule has 1 saturated carbocycles. The highest BCUT2D eigenvalue weighted by atomic mass is 32.2. The van der Waals surface area contributed by atoms with E-state index in [2.05, 4.69) is 5.32 Å². The van der Waals surface area contributed by atoms with Gasteiger partial charge in [-0.05, 0) is 44.7 Å². The van der Waals surface area contributed by atoms with E-state index in [0.717, 1.165) is 38.8 Å². The molecule has 1 heterocycles. The Morgan fingerprint density at radius 3 is 2.16 bits per heavy atom. The summed E-state index contributed by atoms with van der Waals surface area (Å²) in [5.41, 5.74) is 0. The van der Waals surface area contributed by atoms with Gasteiger partial charge in [-0.1, -0.05) is 25.7 Å². The summed E-state index contributed by atoms with van der Waals surface area (Å²) in [6, 6.07) is 0.245. The first-order valence-electron chi connectivity index (χ1n) is 7.76. The molecule has 112 valence electrons. The number of rotatable bonds is 4. The van der Waals surface area contributed by atoms with E-state index in [4.69, 9.17) is 0 Å². The molecule has 1 saturated heterocycles. The fourth-order valence-corrected chi connectivity index (χ4v) is 5.14. The van der Waals surface area contributed by atoms with Crippen LogP contribution in [0.25, 0.3) is 0 Å². The highest BCUT2D eigenvalue weighted by Crippen LogP contribution is 2.24. The summed E-state index contributed by atoms with van der Waals surface area (Å²) in [6.07, 6.45) is 8.96. The van der Waals surface area contributed by atoms with Crippen molar-refractivity contribution in [2.24, 2.45) is 5.92 Å². The third kappa shape index (κ3) is 4.43. The number of nitrogens with zero attached hydrogens (tertiary/aromatic N) is 1. The fourth-order valence-electron chi connectivity index (χ4n) is 3.31. The lowest BCUT2D eigenvalue weighted by molar-refractivity contribution is 0.327. The van der Waals surface area contributed by atoms with Crippen LogP contribution >= 0.6 is 0 Å². The summed E-state index contributed by atoms with van der Waals surface area (Å²) < 4.78 is 26.7. The van der Waals surface area contributed by atoms with Crippen molar-refractivity contribution >= 4 is 10.0 Å². The highest BCUT2D eigenvalue weighted by molar-refractivity contribution is 7.89. The second-order valence-corrected chi connectivity index (χ2v) is 8.21. The van der Waals surface area contributed by atoms with Crippen LogP contribution in [0.5, 0.6) is 0 Å². The minimum Gasteiger partial charge on any atom is -0.317 e. The first-order chi connectivity index (χ1) is 9.09. The topological polar surface area (TPSA) is 49.4 Å². The van der Waals surface area contributed by atoms with Gasteiger partial charge >= 0.3 is 0 Å². The Morgan fingerprint density at radius 2 is 1.58 bits per heavy atom. The molecule has 2 aliphatic rings. The second-order valence-electron chi connectivity index (χ2n) is 6.13. The number of hydrogen-bond donors (Lipinski definition) is 1. The molecule has 0 spiro atoms. The van der Waals surface area contributed by atoms with Gasteiger partial charge in [0.2, 0.25) is 10.0 Å². The zero-order valence-electron chi connectivity index (χ0n) is 12.1. The molecule has 0 radical (unpaired) electrons. The molecule has 0 amide bonds. The summed E-state index contributed by atoms with van der Waals surface area (Å²) in [6.45, 7) is 1.93. The van der Waals surface area contributed by atoms with Crippen molar-refractivity contribution in [3.63, 3.8) is 0 Å². The summed E-state index contributed by atoms with van der Waals surface area (Å²) >= 11 is 0. The monoisotopic (exact) mass is 288 g/mol. The molecule has 4 nitrogen and oxygen atoms in total. The van der Waals surface area contributed by atoms with E-state index in [1.54, 1.807) is 11.4 Å². The van der Waals surface area contributed by atoms with E-state index < -0.39 is 10.0 Å². The molecule has 2 rings (SSSR count). The van der Waals surface area contributed by atoms with Gasteiger partial charge in [-0.25, -0.2) is 12.7 Å². The standard InChI is InChI=1S/C14H28N2O2S/c1-16(14-6-4-2-3-5-7-14)19(17,18)12-13-8-10-15-11-9-13/h13-15H,2-12H2,1H3. The van der Waals surface area contributed by atoms with E-state index in [1.165, 1.54) is 25.7 Å². The first kappa shape index (κ1) is 15.3. The molecule has 0 aromatic carbocycles. The van der Waals surface area contributed by atoms with E-state index in [9.17, 15) is 8.42 Å². The number of hydrogen-bond acceptors (Lipinski definition) is 3. The molecule has 0 unspecified atom stereocenters. The van der Waals surface area contributed by atoms with Gasteiger partial charge in [-0.3, -0.25) is 0 Å². The van der Waals surface area contributed by atoms with Crippen LogP contribution in [-0.4, -0.2) is 44.7 Å². The Morgan fingerprint density at radius 1 is 1.00 bits per heavy atom. The van der Waals surface area contributed by atoms with Crippen LogP contribution < -0.4 is 5.32 Å². The van der Waals surface area contributed by atoms with Gasteiger partial charge in [-0.2, -0.15) is 0 Å². The third-order valence-corrected chi connectivity index (χ3v) is 6.75. The van der Waals surface area contributed by atoms with Crippen LogP contribution in [0.2, 0.25) is 0 Å². The molecule has 0 atom stereocenters. The Bertz CT molecular complexity index is 356. The summed E-state index contributed by atoms with van der Waals surface area (Å²) in [7, 11) is -1.27.